The van der Waals surface area contributed by atoms with Crippen molar-refractivity contribution in [1.29, 1.82) is 0 Å². The van der Waals surface area contributed by atoms with Crippen molar-refractivity contribution >= 4 is 0 Å². The Morgan fingerprint density at radius 1 is 1.31 bits per heavy atom. The van der Waals surface area contributed by atoms with Gasteiger partial charge in [0.05, 0.1) is 0 Å². The number of hydrogen-bond acceptors (Lipinski definition) is 2. The topological polar surface area (TPSA) is 38.0 Å². The molecule has 0 amide bonds. The third kappa shape index (κ3) is 3.06. The van der Waals surface area contributed by atoms with E-state index in [2.05, 4.69) is 36.5 Å². The SMILES string of the molecule is CC1(NCC(N)Cc2ccccc2)CCC1. The lowest BCUT2D eigenvalue weighted by Crippen LogP contribution is -2.52. The predicted molar refractivity (Wildman–Crippen MR) is 68.4 cm³/mol. The Balaban J connectivity index is 1.74. The normalized spacial score (nSPS) is 20.1. The van der Waals surface area contributed by atoms with Crippen LogP contribution in [0.2, 0.25) is 0 Å². The predicted octanol–water partition coefficient (Wildman–Crippen LogP) is 2.09. The van der Waals surface area contributed by atoms with Gasteiger partial charge >= 0.3 is 0 Å². The highest BCUT2D eigenvalue weighted by Gasteiger charge is 2.31. The Morgan fingerprint density at radius 3 is 2.56 bits per heavy atom. The van der Waals surface area contributed by atoms with Gasteiger partial charge in [0.25, 0.3) is 0 Å². The summed E-state index contributed by atoms with van der Waals surface area (Å²) in [4.78, 5) is 0. The lowest BCUT2D eigenvalue weighted by Gasteiger charge is -2.40. The summed E-state index contributed by atoms with van der Waals surface area (Å²) in [6.45, 7) is 3.22. The Hall–Kier alpha value is -0.860. The third-order valence-corrected chi connectivity index (χ3v) is 3.59. The van der Waals surface area contributed by atoms with Crippen molar-refractivity contribution in [1.82, 2.24) is 5.32 Å². The van der Waals surface area contributed by atoms with Gasteiger partial charge in [-0.25, -0.2) is 0 Å². The van der Waals surface area contributed by atoms with Gasteiger partial charge in [-0.3, -0.25) is 0 Å². The van der Waals surface area contributed by atoms with Gasteiger partial charge in [0, 0.05) is 18.1 Å². The highest BCUT2D eigenvalue weighted by atomic mass is 15.0. The van der Waals surface area contributed by atoms with Crippen molar-refractivity contribution in [2.45, 2.75) is 44.2 Å². The highest BCUT2D eigenvalue weighted by molar-refractivity contribution is 5.15. The van der Waals surface area contributed by atoms with Crippen LogP contribution in [0.1, 0.15) is 31.7 Å². The number of hydrogen-bond donors (Lipinski definition) is 2. The molecule has 0 heterocycles. The third-order valence-electron chi connectivity index (χ3n) is 3.59. The Labute approximate surface area is 98.2 Å². The first kappa shape index (κ1) is 11.6. The van der Waals surface area contributed by atoms with Gasteiger partial charge in [-0.2, -0.15) is 0 Å². The van der Waals surface area contributed by atoms with E-state index < -0.39 is 0 Å². The molecule has 88 valence electrons. The van der Waals surface area contributed by atoms with E-state index in [0.29, 0.717) is 5.54 Å². The summed E-state index contributed by atoms with van der Waals surface area (Å²) in [5.41, 5.74) is 7.83. The molecule has 0 radical (unpaired) electrons. The van der Waals surface area contributed by atoms with Crippen molar-refractivity contribution < 1.29 is 0 Å². The molecule has 1 fully saturated rings. The van der Waals surface area contributed by atoms with E-state index in [-0.39, 0.29) is 6.04 Å². The Morgan fingerprint density at radius 2 is 2.00 bits per heavy atom. The second-order valence-corrected chi connectivity index (χ2v) is 5.24. The summed E-state index contributed by atoms with van der Waals surface area (Å²) in [5.74, 6) is 0. The molecule has 1 aromatic rings. The fourth-order valence-electron chi connectivity index (χ4n) is 2.25. The fourth-order valence-corrected chi connectivity index (χ4v) is 2.25. The first-order valence-electron chi connectivity index (χ1n) is 6.22. The molecule has 2 nitrogen and oxygen atoms in total. The molecule has 16 heavy (non-hydrogen) atoms. The van der Waals surface area contributed by atoms with Crippen molar-refractivity contribution in [2.75, 3.05) is 6.54 Å². The van der Waals surface area contributed by atoms with Crippen LogP contribution in [0.25, 0.3) is 0 Å². The molecule has 0 saturated heterocycles. The van der Waals surface area contributed by atoms with Gasteiger partial charge < -0.3 is 11.1 Å². The van der Waals surface area contributed by atoms with Crippen molar-refractivity contribution in [3.8, 4) is 0 Å². The van der Waals surface area contributed by atoms with Crippen LogP contribution in [0.5, 0.6) is 0 Å². The largest absolute Gasteiger partial charge is 0.326 e. The van der Waals surface area contributed by atoms with E-state index >= 15 is 0 Å². The molecule has 0 aromatic heterocycles. The van der Waals surface area contributed by atoms with Gasteiger partial charge in [-0.05, 0) is 38.2 Å². The van der Waals surface area contributed by atoms with E-state index in [9.17, 15) is 0 Å². The zero-order valence-corrected chi connectivity index (χ0v) is 10.1. The molecule has 0 spiro atoms. The van der Waals surface area contributed by atoms with Gasteiger partial charge in [0.2, 0.25) is 0 Å². The maximum Gasteiger partial charge on any atom is 0.0206 e. The quantitative estimate of drug-likeness (QED) is 0.794. The van der Waals surface area contributed by atoms with E-state index in [4.69, 9.17) is 5.73 Å². The maximum absolute atomic E-state index is 6.13. The first-order chi connectivity index (χ1) is 7.68. The highest BCUT2D eigenvalue weighted by Crippen LogP contribution is 2.30. The molecular formula is C14H22N2. The summed E-state index contributed by atoms with van der Waals surface area (Å²) in [6, 6.07) is 10.7. The monoisotopic (exact) mass is 218 g/mol. The minimum absolute atomic E-state index is 0.222. The molecule has 1 aromatic carbocycles. The number of nitrogens with one attached hydrogen (secondary N) is 1. The van der Waals surface area contributed by atoms with Crippen LogP contribution in [0.3, 0.4) is 0 Å². The van der Waals surface area contributed by atoms with Crippen molar-refractivity contribution in [3.05, 3.63) is 35.9 Å². The lowest BCUT2D eigenvalue weighted by molar-refractivity contribution is 0.205. The Kier molecular flexibility index (Phi) is 3.62. The minimum atomic E-state index is 0.222. The summed E-state index contributed by atoms with van der Waals surface area (Å²) >= 11 is 0. The van der Waals surface area contributed by atoms with Crippen molar-refractivity contribution in [2.24, 2.45) is 5.73 Å². The second kappa shape index (κ2) is 4.98. The summed E-state index contributed by atoms with van der Waals surface area (Å²) in [6.07, 6.45) is 4.91. The summed E-state index contributed by atoms with van der Waals surface area (Å²) < 4.78 is 0. The van der Waals surface area contributed by atoms with E-state index in [0.717, 1.165) is 13.0 Å². The smallest absolute Gasteiger partial charge is 0.0206 e. The van der Waals surface area contributed by atoms with Crippen LogP contribution in [0, 0.1) is 0 Å². The zero-order valence-electron chi connectivity index (χ0n) is 10.1. The molecule has 3 N–H and O–H groups in total. The molecule has 1 aliphatic carbocycles. The molecule has 0 aliphatic heterocycles. The van der Waals surface area contributed by atoms with Crippen LogP contribution in [-0.2, 0) is 6.42 Å². The average molecular weight is 218 g/mol. The standard InChI is InChI=1S/C14H22N2/c1-14(8-5-9-14)16-11-13(15)10-12-6-3-2-4-7-12/h2-4,6-7,13,16H,5,8-11,15H2,1H3. The average Bonchev–Trinajstić information content (AvgIpc) is 2.25. The van der Waals surface area contributed by atoms with Crippen LogP contribution in [0.15, 0.2) is 30.3 Å². The summed E-state index contributed by atoms with van der Waals surface area (Å²) in [5, 5.41) is 3.59. The zero-order chi connectivity index (χ0) is 11.4. The molecule has 1 aliphatic rings. The van der Waals surface area contributed by atoms with E-state index in [1.807, 2.05) is 6.07 Å². The van der Waals surface area contributed by atoms with Gasteiger partial charge in [0.15, 0.2) is 0 Å². The molecule has 1 unspecified atom stereocenters. The van der Waals surface area contributed by atoms with Gasteiger partial charge in [0.1, 0.15) is 0 Å². The van der Waals surface area contributed by atoms with Gasteiger partial charge in [-0.15, -0.1) is 0 Å². The minimum Gasteiger partial charge on any atom is -0.326 e. The summed E-state index contributed by atoms with van der Waals surface area (Å²) in [7, 11) is 0. The fraction of sp³-hybridized carbons (Fsp3) is 0.571. The number of rotatable bonds is 5. The van der Waals surface area contributed by atoms with Gasteiger partial charge in [-0.1, -0.05) is 30.3 Å². The molecular weight excluding hydrogens is 196 g/mol. The second-order valence-electron chi connectivity index (χ2n) is 5.24. The molecule has 1 saturated carbocycles. The molecule has 2 rings (SSSR count). The number of nitrogens with two attached hydrogens (primary N) is 1. The Bertz CT molecular complexity index is 317. The lowest BCUT2D eigenvalue weighted by atomic mass is 9.78. The first-order valence-corrected chi connectivity index (χ1v) is 6.22. The molecule has 0 bridgehead atoms. The maximum atomic E-state index is 6.13. The van der Waals surface area contributed by atoms with Crippen LogP contribution in [-0.4, -0.2) is 18.1 Å². The molecule has 2 heteroatoms. The molecule has 1 atom stereocenters. The van der Waals surface area contributed by atoms with Crippen LogP contribution < -0.4 is 11.1 Å². The number of benzene rings is 1. The van der Waals surface area contributed by atoms with Crippen molar-refractivity contribution in [3.63, 3.8) is 0 Å². The van der Waals surface area contributed by atoms with Crippen LogP contribution >= 0.6 is 0 Å². The van der Waals surface area contributed by atoms with E-state index in [1.54, 1.807) is 0 Å². The van der Waals surface area contributed by atoms with Crippen LogP contribution in [0.4, 0.5) is 0 Å². The van der Waals surface area contributed by atoms with E-state index in [1.165, 1.54) is 24.8 Å².